The van der Waals surface area contributed by atoms with E-state index < -0.39 is 0 Å². The van der Waals surface area contributed by atoms with Crippen molar-refractivity contribution in [2.24, 2.45) is 0 Å². The zero-order chi connectivity index (χ0) is 13.5. The first-order valence-corrected chi connectivity index (χ1v) is 6.91. The Balaban J connectivity index is 3.11. The van der Waals surface area contributed by atoms with Crippen LogP contribution >= 0.6 is 0 Å². The number of hydrogen-bond donors (Lipinski definition) is 0. The van der Waals surface area contributed by atoms with Crippen molar-refractivity contribution >= 4 is 5.69 Å². The van der Waals surface area contributed by atoms with E-state index in [9.17, 15) is 5.26 Å². The van der Waals surface area contributed by atoms with Crippen LogP contribution in [0.25, 0.3) is 0 Å². The van der Waals surface area contributed by atoms with Gasteiger partial charge in [-0.05, 0) is 44.4 Å². The first kappa shape index (κ1) is 14.6. The maximum absolute atomic E-state index is 9.26. The van der Waals surface area contributed by atoms with Crippen LogP contribution in [0.5, 0.6) is 0 Å². The first-order chi connectivity index (χ1) is 8.63. The third kappa shape index (κ3) is 3.50. The number of rotatable bonds is 6. The lowest BCUT2D eigenvalue weighted by Gasteiger charge is -2.31. The smallest absolute Gasteiger partial charge is 0.101 e. The van der Waals surface area contributed by atoms with Gasteiger partial charge in [0.1, 0.15) is 6.07 Å². The van der Waals surface area contributed by atoms with Crippen LogP contribution in [0, 0.1) is 18.3 Å². The average molecular weight is 244 g/mol. The molecule has 0 heterocycles. The van der Waals surface area contributed by atoms with Crippen molar-refractivity contribution in [2.45, 2.75) is 53.0 Å². The Kier molecular flexibility index (Phi) is 5.71. The van der Waals surface area contributed by atoms with Crippen molar-refractivity contribution in [1.29, 1.82) is 5.26 Å². The van der Waals surface area contributed by atoms with Gasteiger partial charge in [0.15, 0.2) is 0 Å². The molecule has 0 aromatic heterocycles. The number of benzene rings is 1. The molecule has 2 nitrogen and oxygen atoms in total. The first-order valence-electron chi connectivity index (χ1n) is 6.91. The maximum atomic E-state index is 9.26. The summed E-state index contributed by atoms with van der Waals surface area (Å²) >= 11 is 0. The van der Waals surface area contributed by atoms with Gasteiger partial charge in [-0.25, -0.2) is 0 Å². The van der Waals surface area contributed by atoms with Crippen molar-refractivity contribution in [2.75, 3.05) is 11.4 Å². The van der Waals surface area contributed by atoms with Gasteiger partial charge < -0.3 is 4.90 Å². The summed E-state index contributed by atoms with van der Waals surface area (Å²) in [5.41, 5.74) is 3.10. The minimum atomic E-state index is 0.477. The van der Waals surface area contributed by atoms with Crippen LogP contribution in [0.2, 0.25) is 0 Å². The molecule has 0 amide bonds. The van der Waals surface area contributed by atoms with Gasteiger partial charge >= 0.3 is 0 Å². The summed E-state index contributed by atoms with van der Waals surface area (Å²) in [5, 5.41) is 9.26. The SMILES string of the molecule is CCCCN(c1cc(C)ccc1C#N)C(C)CC. The highest BCUT2D eigenvalue weighted by Crippen LogP contribution is 2.25. The fraction of sp³-hybridized carbons (Fsp3) is 0.562. The van der Waals surface area contributed by atoms with Gasteiger partial charge in [-0.15, -0.1) is 0 Å². The van der Waals surface area contributed by atoms with E-state index in [4.69, 9.17) is 0 Å². The molecule has 0 radical (unpaired) electrons. The Bertz CT molecular complexity index is 418. The van der Waals surface area contributed by atoms with E-state index in [-0.39, 0.29) is 0 Å². The van der Waals surface area contributed by atoms with Gasteiger partial charge in [0.2, 0.25) is 0 Å². The van der Waals surface area contributed by atoms with Crippen LogP contribution in [-0.2, 0) is 0 Å². The highest BCUT2D eigenvalue weighted by molar-refractivity contribution is 5.61. The lowest BCUT2D eigenvalue weighted by molar-refractivity contribution is 0.595. The largest absolute Gasteiger partial charge is 0.368 e. The van der Waals surface area contributed by atoms with Gasteiger partial charge in [-0.3, -0.25) is 0 Å². The van der Waals surface area contributed by atoms with Crippen LogP contribution in [0.3, 0.4) is 0 Å². The molecule has 0 N–H and O–H groups in total. The third-order valence-corrected chi connectivity index (χ3v) is 3.46. The number of hydrogen-bond acceptors (Lipinski definition) is 2. The van der Waals surface area contributed by atoms with Crippen LogP contribution in [0.15, 0.2) is 18.2 Å². The number of nitrogens with zero attached hydrogens (tertiary/aromatic N) is 2. The summed E-state index contributed by atoms with van der Waals surface area (Å²) in [5.74, 6) is 0. The molecule has 0 fully saturated rings. The summed E-state index contributed by atoms with van der Waals surface area (Å²) in [7, 11) is 0. The highest BCUT2D eigenvalue weighted by Gasteiger charge is 2.16. The average Bonchev–Trinajstić information content (AvgIpc) is 2.39. The lowest BCUT2D eigenvalue weighted by Crippen LogP contribution is -2.34. The van der Waals surface area contributed by atoms with Crippen molar-refractivity contribution in [3.63, 3.8) is 0 Å². The van der Waals surface area contributed by atoms with Gasteiger partial charge in [0.25, 0.3) is 0 Å². The van der Waals surface area contributed by atoms with Crippen molar-refractivity contribution in [3.05, 3.63) is 29.3 Å². The van der Waals surface area contributed by atoms with Crippen molar-refractivity contribution in [3.8, 4) is 6.07 Å². The summed E-state index contributed by atoms with van der Waals surface area (Å²) in [4.78, 5) is 2.38. The maximum Gasteiger partial charge on any atom is 0.101 e. The van der Waals surface area contributed by atoms with E-state index in [1.165, 1.54) is 18.4 Å². The van der Waals surface area contributed by atoms with Crippen LogP contribution in [-0.4, -0.2) is 12.6 Å². The zero-order valence-electron chi connectivity index (χ0n) is 12.0. The minimum Gasteiger partial charge on any atom is -0.368 e. The molecule has 1 unspecified atom stereocenters. The molecule has 98 valence electrons. The predicted octanol–water partition coefficient (Wildman–Crippen LogP) is 4.27. The molecule has 0 aliphatic rings. The lowest BCUT2D eigenvalue weighted by atomic mass is 10.1. The van der Waals surface area contributed by atoms with E-state index in [1.54, 1.807) is 0 Å². The highest BCUT2D eigenvalue weighted by atomic mass is 15.2. The molecule has 0 bridgehead atoms. The number of nitriles is 1. The second-order valence-electron chi connectivity index (χ2n) is 4.94. The number of anilines is 1. The second kappa shape index (κ2) is 7.06. The Hall–Kier alpha value is -1.49. The quantitative estimate of drug-likeness (QED) is 0.747. The number of unbranched alkanes of at least 4 members (excludes halogenated alkanes) is 1. The fourth-order valence-corrected chi connectivity index (χ4v) is 2.10. The second-order valence-corrected chi connectivity index (χ2v) is 4.94. The van der Waals surface area contributed by atoms with Gasteiger partial charge in [0, 0.05) is 12.6 Å². The van der Waals surface area contributed by atoms with E-state index in [2.05, 4.69) is 44.7 Å². The van der Waals surface area contributed by atoms with Gasteiger partial charge in [-0.1, -0.05) is 26.3 Å². The van der Waals surface area contributed by atoms with Crippen molar-refractivity contribution < 1.29 is 0 Å². The zero-order valence-corrected chi connectivity index (χ0v) is 12.0. The monoisotopic (exact) mass is 244 g/mol. The summed E-state index contributed by atoms with van der Waals surface area (Å²) in [6.07, 6.45) is 3.45. The summed E-state index contributed by atoms with van der Waals surface area (Å²) in [6.45, 7) is 9.75. The Morgan fingerprint density at radius 3 is 2.61 bits per heavy atom. The third-order valence-electron chi connectivity index (χ3n) is 3.46. The van der Waals surface area contributed by atoms with Crippen LogP contribution in [0.1, 0.15) is 51.2 Å². The molecule has 0 saturated heterocycles. The van der Waals surface area contributed by atoms with E-state index >= 15 is 0 Å². The van der Waals surface area contributed by atoms with Crippen LogP contribution < -0.4 is 4.90 Å². The Labute approximate surface area is 111 Å². The molecule has 1 aromatic rings. The molecule has 0 aliphatic carbocycles. The molecule has 18 heavy (non-hydrogen) atoms. The standard InChI is InChI=1S/C16H24N2/c1-5-7-10-18(14(4)6-2)16-11-13(3)8-9-15(16)12-17/h8-9,11,14H,5-7,10H2,1-4H3. The normalized spacial score (nSPS) is 11.9. The van der Waals surface area contributed by atoms with Crippen LogP contribution in [0.4, 0.5) is 5.69 Å². The Morgan fingerprint density at radius 1 is 1.33 bits per heavy atom. The van der Waals surface area contributed by atoms with Gasteiger partial charge in [-0.2, -0.15) is 5.26 Å². The molecule has 0 aliphatic heterocycles. The molecule has 1 rings (SSSR count). The molecule has 1 atom stereocenters. The molecular weight excluding hydrogens is 220 g/mol. The molecule has 2 heteroatoms. The molecule has 0 saturated carbocycles. The number of aryl methyl sites for hydroxylation is 1. The predicted molar refractivity (Wildman–Crippen MR) is 77.9 cm³/mol. The molecular formula is C16H24N2. The van der Waals surface area contributed by atoms with E-state index in [0.29, 0.717) is 6.04 Å². The Morgan fingerprint density at radius 2 is 2.06 bits per heavy atom. The molecule has 1 aromatic carbocycles. The van der Waals surface area contributed by atoms with E-state index in [1.807, 2.05) is 12.1 Å². The summed E-state index contributed by atoms with van der Waals surface area (Å²) in [6, 6.07) is 8.88. The minimum absolute atomic E-state index is 0.477. The summed E-state index contributed by atoms with van der Waals surface area (Å²) < 4.78 is 0. The molecule has 0 spiro atoms. The van der Waals surface area contributed by atoms with Gasteiger partial charge in [0.05, 0.1) is 11.3 Å². The van der Waals surface area contributed by atoms with E-state index in [0.717, 1.165) is 24.2 Å². The fourth-order valence-electron chi connectivity index (χ4n) is 2.10. The van der Waals surface area contributed by atoms with Crippen molar-refractivity contribution in [1.82, 2.24) is 0 Å². The topological polar surface area (TPSA) is 27.0 Å².